The van der Waals surface area contributed by atoms with Gasteiger partial charge in [0.2, 0.25) is 0 Å². The molecule has 1 heterocycles. The summed E-state index contributed by atoms with van der Waals surface area (Å²) in [6, 6.07) is 6.54. The number of Topliss-reactive ketones (excluding diaryl/α,β-unsaturated/α-hetero) is 1. The van der Waals surface area contributed by atoms with Gasteiger partial charge in [-0.05, 0) is 32.0 Å². The summed E-state index contributed by atoms with van der Waals surface area (Å²) in [5.41, 5.74) is -0.128. The molecular formula is C14H11ClO3S2. The minimum absolute atomic E-state index is 0.0478. The highest BCUT2D eigenvalue weighted by molar-refractivity contribution is 8.05. The maximum Gasteiger partial charge on any atom is 0.189 e. The van der Waals surface area contributed by atoms with Crippen LogP contribution in [0.25, 0.3) is 10.1 Å². The molecule has 2 rings (SSSR count). The van der Waals surface area contributed by atoms with Gasteiger partial charge in [-0.3, -0.25) is 9.59 Å². The van der Waals surface area contributed by atoms with E-state index in [2.05, 4.69) is 0 Å². The van der Waals surface area contributed by atoms with Gasteiger partial charge in [0.25, 0.3) is 0 Å². The van der Waals surface area contributed by atoms with E-state index in [1.54, 1.807) is 18.2 Å². The lowest BCUT2D eigenvalue weighted by atomic mass is 10.2. The molecule has 20 heavy (non-hydrogen) atoms. The third kappa shape index (κ3) is 3.23. The summed E-state index contributed by atoms with van der Waals surface area (Å²) in [6.45, 7) is 2.83. The Hall–Kier alpha value is -1.30. The second-order valence-electron chi connectivity index (χ2n) is 4.14. The van der Waals surface area contributed by atoms with Gasteiger partial charge in [0, 0.05) is 21.2 Å². The largest absolute Gasteiger partial charge is 0.511 e. The van der Waals surface area contributed by atoms with Crippen LogP contribution in [0.15, 0.2) is 43.9 Å². The molecule has 0 atom stereocenters. The van der Waals surface area contributed by atoms with Gasteiger partial charge in [-0.15, -0.1) is 11.3 Å². The van der Waals surface area contributed by atoms with Gasteiger partial charge in [-0.2, -0.15) is 0 Å². The van der Waals surface area contributed by atoms with Gasteiger partial charge in [0.1, 0.15) is 5.76 Å². The quantitative estimate of drug-likeness (QED) is 0.516. The summed E-state index contributed by atoms with van der Waals surface area (Å²) >= 11 is 8.38. The molecular weight excluding hydrogens is 316 g/mol. The zero-order valence-corrected chi connectivity index (χ0v) is 13.2. The molecule has 1 N–H and O–H groups in total. The van der Waals surface area contributed by atoms with Crippen LogP contribution in [0.2, 0.25) is 5.02 Å². The monoisotopic (exact) mass is 326 g/mol. The van der Waals surface area contributed by atoms with Crippen LogP contribution in [0.1, 0.15) is 13.8 Å². The van der Waals surface area contributed by atoms with Crippen molar-refractivity contribution in [2.24, 2.45) is 0 Å². The Bertz CT molecular complexity index is 774. The molecule has 0 aliphatic rings. The number of carbonyl (C=O) groups excluding carboxylic acids is 1. The molecule has 0 bridgehead atoms. The van der Waals surface area contributed by atoms with Gasteiger partial charge in [-0.25, -0.2) is 0 Å². The van der Waals surface area contributed by atoms with Gasteiger partial charge < -0.3 is 5.11 Å². The minimum Gasteiger partial charge on any atom is -0.511 e. The molecule has 0 amide bonds. The fraction of sp³-hybridized carbons (Fsp3) is 0.143. The standard InChI is InChI=1S/C14H11ClO3S2/c1-7(16)14(8(2)17)20-13-6-11(18)10-4-3-9(15)5-12(10)19-13/h3-6,16H,1-2H3/b14-7-. The SMILES string of the molecule is CC(=O)/C(Sc1cc(=O)c2ccc(Cl)cc2s1)=C(\C)O. The van der Waals surface area contributed by atoms with Crippen LogP contribution in [0, 0.1) is 0 Å². The van der Waals surface area contributed by atoms with Crippen molar-refractivity contribution in [3.05, 3.63) is 50.2 Å². The predicted molar refractivity (Wildman–Crippen MR) is 85.0 cm³/mol. The summed E-state index contributed by atoms with van der Waals surface area (Å²) in [5.74, 6) is -0.283. The van der Waals surface area contributed by atoms with Gasteiger partial charge >= 0.3 is 0 Å². The molecule has 0 aliphatic heterocycles. The molecule has 104 valence electrons. The highest BCUT2D eigenvalue weighted by atomic mass is 35.5. The molecule has 0 radical (unpaired) electrons. The number of benzene rings is 1. The van der Waals surface area contributed by atoms with E-state index in [9.17, 15) is 14.7 Å². The molecule has 3 nitrogen and oxygen atoms in total. The molecule has 1 aromatic carbocycles. The van der Waals surface area contributed by atoms with Crippen molar-refractivity contribution in [2.75, 3.05) is 0 Å². The summed E-state index contributed by atoms with van der Waals surface area (Å²) in [6.07, 6.45) is 0. The van der Waals surface area contributed by atoms with Crippen LogP contribution in [-0.2, 0) is 4.79 Å². The highest BCUT2D eigenvalue weighted by Gasteiger charge is 2.12. The molecule has 0 saturated heterocycles. The number of ketones is 1. The topological polar surface area (TPSA) is 54.4 Å². The zero-order chi connectivity index (χ0) is 14.9. The van der Waals surface area contributed by atoms with Crippen LogP contribution < -0.4 is 5.43 Å². The normalized spacial score (nSPS) is 12.3. The number of thioether (sulfide) groups is 1. The van der Waals surface area contributed by atoms with Crippen molar-refractivity contribution in [1.82, 2.24) is 0 Å². The Morgan fingerprint density at radius 2 is 2.00 bits per heavy atom. The lowest BCUT2D eigenvalue weighted by Crippen LogP contribution is -2.00. The second-order valence-corrected chi connectivity index (χ2v) is 6.97. The molecule has 0 unspecified atom stereocenters. The van der Waals surface area contributed by atoms with E-state index in [1.165, 1.54) is 31.3 Å². The maximum atomic E-state index is 12.0. The van der Waals surface area contributed by atoms with E-state index >= 15 is 0 Å². The molecule has 2 aromatic rings. The Kier molecular flexibility index (Phi) is 4.52. The first kappa shape index (κ1) is 15.1. The van der Waals surface area contributed by atoms with Crippen molar-refractivity contribution < 1.29 is 9.90 Å². The summed E-state index contributed by atoms with van der Waals surface area (Å²) < 4.78 is 1.40. The van der Waals surface area contributed by atoms with E-state index in [0.29, 0.717) is 14.6 Å². The molecule has 0 spiro atoms. The summed E-state index contributed by atoms with van der Waals surface area (Å²) in [7, 11) is 0. The lowest BCUT2D eigenvalue weighted by Gasteiger charge is -2.05. The number of allylic oxidation sites excluding steroid dienone is 2. The third-order valence-electron chi connectivity index (χ3n) is 2.52. The molecule has 0 saturated carbocycles. The zero-order valence-electron chi connectivity index (χ0n) is 10.8. The van der Waals surface area contributed by atoms with Crippen molar-refractivity contribution in [1.29, 1.82) is 0 Å². The van der Waals surface area contributed by atoms with Crippen molar-refractivity contribution >= 4 is 50.6 Å². The van der Waals surface area contributed by atoms with Crippen LogP contribution in [-0.4, -0.2) is 10.9 Å². The number of aliphatic hydroxyl groups excluding tert-OH is 1. The van der Waals surface area contributed by atoms with Crippen molar-refractivity contribution in [2.45, 2.75) is 18.1 Å². The number of halogens is 1. The van der Waals surface area contributed by atoms with Gasteiger partial charge in [0.05, 0.1) is 9.11 Å². The Balaban J connectivity index is 2.54. The number of rotatable bonds is 3. The van der Waals surface area contributed by atoms with Crippen molar-refractivity contribution in [3.8, 4) is 0 Å². The van der Waals surface area contributed by atoms with E-state index < -0.39 is 0 Å². The van der Waals surface area contributed by atoms with E-state index in [0.717, 1.165) is 16.5 Å². The third-order valence-corrected chi connectivity index (χ3v) is 5.24. The highest BCUT2D eigenvalue weighted by Crippen LogP contribution is 2.34. The predicted octanol–water partition coefficient (Wildman–Crippen LogP) is 4.39. The van der Waals surface area contributed by atoms with Crippen LogP contribution in [0.4, 0.5) is 0 Å². The molecule has 1 aromatic heterocycles. The number of fused-ring (bicyclic) bond motifs is 1. The average Bonchev–Trinajstić information content (AvgIpc) is 2.34. The number of hydrogen-bond acceptors (Lipinski definition) is 5. The summed E-state index contributed by atoms with van der Waals surface area (Å²) in [4.78, 5) is 23.7. The number of hydrogen-bond donors (Lipinski definition) is 1. The Labute approximate surface area is 128 Å². The minimum atomic E-state index is -0.235. The fourth-order valence-electron chi connectivity index (χ4n) is 1.66. The van der Waals surface area contributed by atoms with Crippen molar-refractivity contribution in [3.63, 3.8) is 0 Å². The Morgan fingerprint density at radius 3 is 2.60 bits per heavy atom. The van der Waals surface area contributed by atoms with Gasteiger partial charge in [0.15, 0.2) is 11.2 Å². The average molecular weight is 327 g/mol. The molecule has 6 heteroatoms. The first-order chi connectivity index (χ1) is 9.38. The fourth-order valence-corrected chi connectivity index (χ4v) is 4.09. The van der Waals surface area contributed by atoms with E-state index in [1.807, 2.05) is 0 Å². The lowest BCUT2D eigenvalue weighted by molar-refractivity contribution is -0.113. The first-order valence-corrected chi connectivity index (χ1v) is 7.71. The van der Waals surface area contributed by atoms with Crippen LogP contribution in [0.3, 0.4) is 0 Å². The number of carbonyl (C=O) groups is 1. The van der Waals surface area contributed by atoms with Crippen LogP contribution >= 0.6 is 34.7 Å². The number of aliphatic hydroxyl groups is 1. The smallest absolute Gasteiger partial charge is 0.189 e. The van der Waals surface area contributed by atoms with E-state index in [-0.39, 0.29) is 21.9 Å². The molecule has 0 aliphatic carbocycles. The summed E-state index contributed by atoms with van der Waals surface area (Å²) in [5, 5.41) is 10.7. The maximum absolute atomic E-state index is 12.0. The molecule has 0 fully saturated rings. The second kappa shape index (κ2) is 5.99. The Morgan fingerprint density at radius 1 is 1.30 bits per heavy atom. The van der Waals surface area contributed by atoms with E-state index in [4.69, 9.17) is 11.6 Å². The van der Waals surface area contributed by atoms with Crippen LogP contribution in [0.5, 0.6) is 0 Å². The first-order valence-electron chi connectivity index (χ1n) is 5.70. The van der Waals surface area contributed by atoms with Gasteiger partial charge in [-0.1, -0.05) is 23.4 Å².